The molecule has 0 radical (unpaired) electrons. The Bertz CT molecular complexity index is 910. The van der Waals surface area contributed by atoms with Gasteiger partial charge in [-0.2, -0.15) is 4.98 Å². The van der Waals surface area contributed by atoms with E-state index in [-0.39, 0.29) is 23.2 Å². The first kappa shape index (κ1) is 15.2. The van der Waals surface area contributed by atoms with Crippen LogP contribution in [0.15, 0.2) is 65.8 Å². The van der Waals surface area contributed by atoms with E-state index in [4.69, 9.17) is 0 Å². The van der Waals surface area contributed by atoms with Crippen molar-refractivity contribution in [1.82, 2.24) is 14.8 Å². The van der Waals surface area contributed by atoms with Gasteiger partial charge in [0.1, 0.15) is 12.1 Å². The summed E-state index contributed by atoms with van der Waals surface area (Å²) in [5, 5.41) is 4.01. The van der Waals surface area contributed by atoms with Gasteiger partial charge >= 0.3 is 0 Å². The van der Waals surface area contributed by atoms with Crippen molar-refractivity contribution in [3.8, 4) is 0 Å². The second-order valence-electron chi connectivity index (χ2n) is 4.78. The maximum atomic E-state index is 13.6. The highest BCUT2D eigenvalue weighted by atomic mass is 32.2. The second-order valence-corrected chi connectivity index (χ2v) is 6.46. The standard InChI is InChI=1S/C15H13FN4O2S/c16-14-9-5-4-6-12(14)10-20-11-17-15(18-20)19-23(21,22)13-7-2-1-3-8-13/h1-9,11H,10H2,(H,18,19). The molecule has 23 heavy (non-hydrogen) atoms. The van der Waals surface area contributed by atoms with Crippen LogP contribution in [-0.2, 0) is 16.6 Å². The molecule has 0 saturated heterocycles. The van der Waals surface area contributed by atoms with Crippen LogP contribution in [0.4, 0.5) is 10.3 Å². The lowest BCUT2D eigenvalue weighted by atomic mass is 10.2. The Morgan fingerprint density at radius 3 is 2.48 bits per heavy atom. The number of hydrogen-bond acceptors (Lipinski definition) is 4. The lowest BCUT2D eigenvalue weighted by Gasteiger charge is -2.04. The molecule has 0 amide bonds. The van der Waals surface area contributed by atoms with E-state index < -0.39 is 10.0 Å². The van der Waals surface area contributed by atoms with E-state index >= 15 is 0 Å². The molecule has 0 spiro atoms. The minimum absolute atomic E-state index is 0.0646. The molecule has 0 saturated carbocycles. The highest BCUT2D eigenvalue weighted by Crippen LogP contribution is 2.13. The van der Waals surface area contributed by atoms with E-state index in [1.165, 1.54) is 29.2 Å². The first-order valence-corrected chi connectivity index (χ1v) is 8.24. The summed E-state index contributed by atoms with van der Waals surface area (Å²) < 4.78 is 41.6. The van der Waals surface area contributed by atoms with Crippen molar-refractivity contribution < 1.29 is 12.8 Å². The number of benzene rings is 2. The number of sulfonamides is 1. The molecule has 0 aliphatic rings. The fraction of sp³-hybridized carbons (Fsp3) is 0.0667. The number of aromatic nitrogens is 3. The smallest absolute Gasteiger partial charge is 0.246 e. The average molecular weight is 332 g/mol. The average Bonchev–Trinajstić information content (AvgIpc) is 2.97. The van der Waals surface area contributed by atoms with Crippen LogP contribution in [-0.4, -0.2) is 23.2 Å². The SMILES string of the molecule is O=S(=O)(Nc1ncn(Cc2ccccc2F)n1)c1ccccc1. The van der Waals surface area contributed by atoms with Crippen molar-refractivity contribution in [2.24, 2.45) is 0 Å². The topological polar surface area (TPSA) is 76.9 Å². The molecule has 0 aliphatic carbocycles. The summed E-state index contributed by atoms with van der Waals surface area (Å²) in [6.45, 7) is 0.159. The van der Waals surface area contributed by atoms with Crippen LogP contribution in [0, 0.1) is 5.82 Å². The number of nitrogens with zero attached hydrogens (tertiary/aromatic N) is 3. The molecule has 0 aliphatic heterocycles. The zero-order valence-corrected chi connectivity index (χ0v) is 12.7. The molecule has 1 aromatic heterocycles. The van der Waals surface area contributed by atoms with Gasteiger partial charge in [-0.3, -0.25) is 0 Å². The molecule has 3 rings (SSSR count). The fourth-order valence-corrected chi connectivity index (χ4v) is 2.96. The van der Waals surface area contributed by atoms with E-state index in [1.807, 2.05) is 0 Å². The number of hydrogen-bond donors (Lipinski definition) is 1. The Hall–Kier alpha value is -2.74. The van der Waals surface area contributed by atoms with Crippen molar-refractivity contribution in [3.63, 3.8) is 0 Å². The predicted molar refractivity (Wildman–Crippen MR) is 82.8 cm³/mol. The summed E-state index contributed by atoms with van der Waals surface area (Å²) in [4.78, 5) is 4.01. The van der Waals surface area contributed by atoms with Crippen LogP contribution in [0.1, 0.15) is 5.56 Å². The molecule has 1 N–H and O–H groups in total. The highest BCUT2D eigenvalue weighted by molar-refractivity contribution is 7.92. The summed E-state index contributed by atoms with van der Waals surface area (Å²) in [6, 6.07) is 14.2. The van der Waals surface area contributed by atoms with Crippen LogP contribution in [0.5, 0.6) is 0 Å². The van der Waals surface area contributed by atoms with Gasteiger partial charge < -0.3 is 0 Å². The second kappa shape index (κ2) is 6.17. The molecule has 3 aromatic rings. The summed E-state index contributed by atoms with van der Waals surface area (Å²) in [6.07, 6.45) is 1.34. The van der Waals surface area contributed by atoms with Gasteiger partial charge in [-0.1, -0.05) is 36.4 Å². The van der Waals surface area contributed by atoms with Crippen LogP contribution in [0.2, 0.25) is 0 Å². The van der Waals surface area contributed by atoms with E-state index in [2.05, 4.69) is 14.8 Å². The molecule has 0 fully saturated rings. The van der Waals surface area contributed by atoms with Crippen LogP contribution in [0.3, 0.4) is 0 Å². The van der Waals surface area contributed by atoms with E-state index in [0.717, 1.165) is 0 Å². The number of nitrogens with one attached hydrogen (secondary N) is 1. The molecule has 6 nitrogen and oxygen atoms in total. The zero-order valence-electron chi connectivity index (χ0n) is 11.9. The summed E-state index contributed by atoms with van der Waals surface area (Å²) in [5.74, 6) is -0.417. The Morgan fingerprint density at radius 2 is 1.74 bits per heavy atom. The quantitative estimate of drug-likeness (QED) is 0.777. The highest BCUT2D eigenvalue weighted by Gasteiger charge is 2.16. The van der Waals surface area contributed by atoms with Crippen LogP contribution >= 0.6 is 0 Å². The molecule has 1 heterocycles. The number of anilines is 1. The van der Waals surface area contributed by atoms with Crippen molar-refractivity contribution in [2.45, 2.75) is 11.4 Å². The maximum Gasteiger partial charge on any atom is 0.264 e. The van der Waals surface area contributed by atoms with Gasteiger partial charge in [-0.05, 0) is 18.2 Å². The van der Waals surface area contributed by atoms with E-state index in [1.54, 1.807) is 36.4 Å². The molecule has 0 unspecified atom stereocenters. The monoisotopic (exact) mass is 332 g/mol. The van der Waals surface area contributed by atoms with Crippen molar-refractivity contribution in [1.29, 1.82) is 0 Å². The van der Waals surface area contributed by atoms with Crippen molar-refractivity contribution >= 4 is 16.0 Å². The van der Waals surface area contributed by atoms with Crippen molar-refractivity contribution in [3.05, 3.63) is 72.3 Å². The summed E-state index contributed by atoms with van der Waals surface area (Å²) in [7, 11) is -3.74. The lowest BCUT2D eigenvalue weighted by Crippen LogP contribution is -2.14. The van der Waals surface area contributed by atoms with Gasteiger partial charge in [0.05, 0.1) is 11.4 Å². The minimum atomic E-state index is -3.74. The van der Waals surface area contributed by atoms with Crippen LogP contribution in [0.25, 0.3) is 0 Å². The molecule has 2 aromatic carbocycles. The molecular weight excluding hydrogens is 319 g/mol. The largest absolute Gasteiger partial charge is 0.264 e. The Balaban J connectivity index is 1.77. The summed E-state index contributed by atoms with van der Waals surface area (Å²) >= 11 is 0. The minimum Gasteiger partial charge on any atom is -0.246 e. The molecule has 0 atom stereocenters. The van der Waals surface area contributed by atoms with Gasteiger partial charge in [0.25, 0.3) is 16.0 Å². The van der Waals surface area contributed by atoms with Gasteiger partial charge in [-0.15, -0.1) is 5.10 Å². The van der Waals surface area contributed by atoms with E-state index in [0.29, 0.717) is 5.56 Å². The number of halogens is 1. The molecule has 118 valence electrons. The predicted octanol–water partition coefficient (Wildman–Crippen LogP) is 2.27. The van der Waals surface area contributed by atoms with Gasteiger partial charge in [0, 0.05) is 5.56 Å². The summed E-state index contributed by atoms with van der Waals surface area (Å²) in [5.41, 5.74) is 0.440. The van der Waals surface area contributed by atoms with Gasteiger partial charge in [0.15, 0.2) is 0 Å². The van der Waals surface area contributed by atoms with Gasteiger partial charge in [0.2, 0.25) is 0 Å². The normalized spacial score (nSPS) is 11.3. The van der Waals surface area contributed by atoms with Crippen molar-refractivity contribution in [2.75, 3.05) is 4.72 Å². The Labute approximate surface area is 132 Å². The van der Waals surface area contributed by atoms with E-state index in [9.17, 15) is 12.8 Å². The molecule has 8 heteroatoms. The third-order valence-electron chi connectivity index (χ3n) is 3.11. The van der Waals surface area contributed by atoms with Crippen LogP contribution < -0.4 is 4.72 Å². The third-order valence-corrected chi connectivity index (χ3v) is 4.45. The molecule has 0 bridgehead atoms. The first-order valence-electron chi connectivity index (χ1n) is 6.75. The zero-order chi connectivity index (χ0) is 16.3. The number of rotatable bonds is 5. The Morgan fingerprint density at radius 1 is 1.04 bits per heavy atom. The third kappa shape index (κ3) is 3.54. The Kier molecular flexibility index (Phi) is 4.07. The first-order chi connectivity index (χ1) is 11.0. The lowest BCUT2D eigenvalue weighted by molar-refractivity contribution is 0.584. The molecular formula is C15H13FN4O2S. The van der Waals surface area contributed by atoms with Gasteiger partial charge in [-0.25, -0.2) is 22.2 Å². The maximum absolute atomic E-state index is 13.6. The fourth-order valence-electron chi connectivity index (χ4n) is 2.00.